The van der Waals surface area contributed by atoms with Gasteiger partial charge in [-0.15, -0.1) is 0 Å². The Hall–Kier alpha value is -3.17. The van der Waals surface area contributed by atoms with Crippen LogP contribution >= 0.6 is 27.5 Å². The molecule has 3 aromatic rings. The van der Waals surface area contributed by atoms with E-state index in [1.54, 1.807) is 24.3 Å². The molecule has 0 spiro atoms. The van der Waals surface area contributed by atoms with E-state index < -0.39 is 21.9 Å². The van der Waals surface area contributed by atoms with Gasteiger partial charge >= 0.3 is 16.9 Å². The van der Waals surface area contributed by atoms with E-state index in [0.29, 0.717) is 16.3 Å². The minimum absolute atomic E-state index is 0.212. The molecule has 1 aromatic heterocycles. The molecule has 0 saturated carbocycles. The summed E-state index contributed by atoms with van der Waals surface area (Å²) < 4.78 is 6.59. The highest BCUT2D eigenvalue weighted by Gasteiger charge is 2.19. The fraction of sp³-hybridized carbons (Fsp3) is 0.0526. The van der Waals surface area contributed by atoms with Gasteiger partial charge in [0.25, 0.3) is 0 Å². The topological polar surface area (TPSA) is 118 Å². The fourth-order valence-corrected chi connectivity index (χ4v) is 3.09. The van der Waals surface area contributed by atoms with Gasteiger partial charge in [0.1, 0.15) is 18.1 Å². The van der Waals surface area contributed by atoms with Gasteiger partial charge in [0.05, 0.1) is 4.92 Å². The third kappa shape index (κ3) is 5.01. The maximum Gasteiger partial charge on any atom is 0.357 e. The number of nitrogens with one attached hydrogen (secondary N) is 2. The number of nitrogens with zero attached hydrogens (tertiary/aromatic N) is 1. The molecule has 0 aliphatic rings. The Morgan fingerprint density at radius 3 is 2.62 bits per heavy atom. The van der Waals surface area contributed by atoms with Crippen molar-refractivity contribution in [3.05, 3.63) is 99.7 Å². The minimum atomic E-state index is -1.08. The zero-order chi connectivity index (χ0) is 21.0. The molecule has 0 bridgehead atoms. The Labute approximate surface area is 177 Å². The fourth-order valence-electron chi connectivity index (χ4n) is 2.52. The third-order valence-electron chi connectivity index (χ3n) is 3.87. The van der Waals surface area contributed by atoms with Crippen LogP contribution < -0.4 is 16.0 Å². The van der Waals surface area contributed by atoms with Gasteiger partial charge < -0.3 is 9.72 Å². The Bertz CT molecular complexity index is 1220. The number of aromatic amines is 2. The zero-order valence-corrected chi connectivity index (χ0v) is 17.0. The van der Waals surface area contributed by atoms with Crippen LogP contribution in [-0.4, -0.2) is 14.9 Å². The number of benzene rings is 2. The van der Waals surface area contributed by atoms with Crippen molar-refractivity contribution in [1.29, 1.82) is 0 Å². The summed E-state index contributed by atoms with van der Waals surface area (Å²) in [6.45, 7) is 0.212. The Balaban J connectivity index is 1.95. The summed E-state index contributed by atoms with van der Waals surface area (Å²) in [5.74, 6) is 0.485. The van der Waals surface area contributed by atoms with E-state index in [4.69, 9.17) is 16.3 Å². The van der Waals surface area contributed by atoms with E-state index in [0.717, 1.165) is 10.0 Å². The average Bonchev–Trinajstić information content (AvgIpc) is 2.65. The predicted octanol–water partition coefficient (Wildman–Crippen LogP) is 4.14. The summed E-state index contributed by atoms with van der Waals surface area (Å²) in [6.07, 6.45) is 2.78. The molecule has 0 amide bonds. The monoisotopic (exact) mass is 477 g/mol. The van der Waals surface area contributed by atoms with Crippen molar-refractivity contribution in [1.82, 2.24) is 9.97 Å². The van der Waals surface area contributed by atoms with Crippen LogP contribution in [-0.2, 0) is 6.61 Å². The van der Waals surface area contributed by atoms with E-state index in [9.17, 15) is 19.7 Å². The second kappa shape index (κ2) is 8.89. The largest absolute Gasteiger partial charge is 0.488 e. The summed E-state index contributed by atoms with van der Waals surface area (Å²) in [4.78, 5) is 37.6. The summed E-state index contributed by atoms with van der Waals surface area (Å²) in [5, 5.41) is 11.7. The van der Waals surface area contributed by atoms with Crippen LogP contribution in [0.1, 0.15) is 16.8 Å². The maximum atomic E-state index is 11.7. The Morgan fingerprint density at radius 2 is 1.90 bits per heavy atom. The lowest BCUT2D eigenvalue weighted by Gasteiger charge is -2.11. The molecule has 1 heterocycles. The number of ether oxygens (including phenoxy) is 1. The van der Waals surface area contributed by atoms with Crippen molar-refractivity contribution >= 4 is 45.4 Å². The average molecular weight is 479 g/mol. The van der Waals surface area contributed by atoms with Crippen LogP contribution in [0.25, 0.3) is 12.2 Å². The third-order valence-corrected chi connectivity index (χ3v) is 4.73. The lowest BCUT2D eigenvalue weighted by atomic mass is 10.1. The minimum Gasteiger partial charge on any atom is -0.488 e. The van der Waals surface area contributed by atoms with Gasteiger partial charge in [-0.3, -0.25) is 19.9 Å². The van der Waals surface area contributed by atoms with E-state index in [1.165, 1.54) is 12.2 Å². The standard InChI is InChI=1S/C19H13BrClN3O5/c20-13-6-8-16(29-10-12-3-1-2-4-14(12)21)11(9-13)5-7-15-17(24(27)28)18(25)23-19(26)22-15/h1-9H,10H2,(H2,22,23,25,26)/b7-5-. The summed E-state index contributed by atoms with van der Waals surface area (Å²) in [7, 11) is 0. The van der Waals surface area contributed by atoms with Crippen LogP contribution in [0.5, 0.6) is 5.75 Å². The number of aromatic nitrogens is 2. The van der Waals surface area contributed by atoms with Crippen molar-refractivity contribution in [3.63, 3.8) is 0 Å². The molecule has 0 unspecified atom stereocenters. The van der Waals surface area contributed by atoms with E-state index in [2.05, 4.69) is 20.9 Å². The molecule has 2 aromatic carbocycles. The lowest BCUT2D eigenvalue weighted by Crippen LogP contribution is -2.25. The number of H-pyrrole nitrogens is 2. The quantitative estimate of drug-likeness (QED) is 0.408. The molecule has 0 radical (unpaired) electrons. The summed E-state index contributed by atoms with van der Waals surface area (Å²) in [6, 6.07) is 12.5. The highest BCUT2D eigenvalue weighted by atomic mass is 79.9. The van der Waals surface area contributed by atoms with Crippen molar-refractivity contribution in [3.8, 4) is 5.75 Å². The van der Waals surface area contributed by atoms with Gasteiger partial charge in [0, 0.05) is 20.6 Å². The van der Waals surface area contributed by atoms with Crippen molar-refractivity contribution < 1.29 is 9.66 Å². The van der Waals surface area contributed by atoms with E-state index in [1.807, 2.05) is 23.2 Å². The maximum absolute atomic E-state index is 11.7. The first-order valence-electron chi connectivity index (χ1n) is 8.20. The van der Waals surface area contributed by atoms with Crippen LogP contribution in [0, 0.1) is 10.1 Å². The Kier molecular flexibility index (Phi) is 6.30. The first-order valence-corrected chi connectivity index (χ1v) is 9.37. The van der Waals surface area contributed by atoms with E-state index in [-0.39, 0.29) is 12.3 Å². The van der Waals surface area contributed by atoms with Crippen LogP contribution in [0.4, 0.5) is 5.69 Å². The normalized spacial score (nSPS) is 11.0. The first-order chi connectivity index (χ1) is 13.8. The molecule has 148 valence electrons. The van der Waals surface area contributed by atoms with Crippen molar-refractivity contribution in [2.24, 2.45) is 0 Å². The molecule has 2 N–H and O–H groups in total. The van der Waals surface area contributed by atoms with Crippen LogP contribution in [0.3, 0.4) is 0 Å². The number of rotatable bonds is 6. The molecule has 0 aliphatic heterocycles. The molecule has 0 fully saturated rings. The number of halogens is 2. The molecule has 3 rings (SSSR count). The lowest BCUT2D eigenvalue weighted by molar-refractivity contribution is -0.386. The number of hydrogen-bond acceptors (Lipinski definition) is 5. The van der Waals surface area contributed by atoms with Gasteiger partial charge in [-0.1, -0.05) is 45.7 Å². The molecule has 0 aliphatic carbocycles. The molecule has 0 atom stereocenters. The van der Waals surface area contributed by atoms with Gasteiger partial charge in [0.2, 0.25) is 0 Å². The van der Waals surface area contributed by atoms with Crippen molar-refractivity contribution in [2.45, 2.75) is 6.61 Å². The second-order valence-corrected chi connectivity index (χ2v) is 7.15. The van der Waals surface area contributed by atoms with Crippen molar-refractivity contribution in [2.75, 3.05) is 0 Å². The van der Waals surface area contributed by atoms with Crippen LogP contribution in [0.15, 0.2) is 56.5 Å². The highest BCUT2D eigenvalue weighted by molar-refractivity contribution is 9.10. The van der Waals surface area contributed by atoms with Gasteiger partial charge in [0.15, 0.2) is 0 Å². The Morgan fingerprint density at radius 1 is 1.14 bits per heavy atom. The number of nitro groups is 1. The molecule has 29 heavy (non-hydrogen) atoms. The molecular weight excluding hydrogens is 466 g/mol. The molecule has 10 heteroatoms. The smallest absolute Gasteiger partial charge is 0.357 e. The predicted molar refractivity (Wildman–Crippen MR) is 113 cm³/mol. The van der Waals surface area contributed by atoms with Gasteiger partial charge in [-0.25, -0.2) is 4.79 Å². The van der Waals surface area contributed by atoms with E-state index >= 15 is 0 Å². The molecular formula is C19H13BrClN3O5. The molecule has 8 nitrogen and oxygen atoms in total. The van der Waals surface area contributed by atoms with Gasteiger partial charge in [-0.2, -0.15) is 0 Å². The van der Waals surface area contributed by atoms with Gasteiger partial charge in [-0.05, 0) is 36.4 Å². The zero-order valence-electron chi connectivity index (χ0n) is 14.6. The van der Waals surface area contributed by atoms with Crippen LogP contribution in [0.2, 0.25) is 5.02 Å². The number of hydrogen-bond donors (Lipinski definition) is 2. The SMILES string of the molecule is O=c1[nH]c(/C=C\c2cc(Br)ccc2OCc2ccccc2Cl)c([N+](=O)[O-])c(=O)[nH]1. The second-order valence-electron chi connectivity index (χ2n) is 5.82. The first kappa shape index (κ1) is 20.6. The summed E-state index contributed by atoms with van der Waals surface area (Å²) in [5.41, 5.74) is -1.54. The molecule has 0 saturated heterocycles. The highest BCUT2D eigenvalue weighted by Crippen LogP contribution is 2.27. The summed E-state index contributed by atoms with van der Waals surface area (Å²) >= 11 is 9.50.